The Kier molecular flexibility index (Phi) is 2.78. The SMILES string of the molecule is CN(C)C1=CCC(=O)C2=C1Cc1ccccc1S2. The molecule has 0 unspecified atom stereocenters. The number of fused-ring (bicyclic) bond motifs is 1. The van der Waals surface area contributed by atoms with Crippen LogP contribution in [0.5, 0.6) is 0 Å². The van der Waals surface area contributed by atoms with Crippen LogP contribution in [0.4, 0.5) is 0 Å². The van der Waals surface area contributed by atoms with Crippen molar-refractivity contribution in [2.24, 2.45) is 0 Å². The van der Waals surface area contributed by atoms with Crippen LogP contribution in [0.15, 0.2) is 51.4 Å². The van der Waals surface area contributed by atoms with Gasteiger partial charge in [-0.25, -0.2) is 0 Å². The first-order chi connectivity index (χ1) is 8.66. The zero-order valence-corrected chi connectivity index (χ0v) is 11.4. The minimum Gasteiger partial charge on any atom is -0.378 e. The molecule has 1 aromatic carbocycles. The third kappa shape index (κ3) is 1.79. The molecule has 0 bridgehead atoms. The molecular formula is C15H15NOS. The molecule has 18 heavy (non-hydrogen) atoms. The first-order valence-corrected chi connectivity index (χ1v) is 6.88. The van der Waals surface area contributed by atoms with Crippen molar-refractivity contribution < 1.29 is 4.79 Å². The molecule has 2 nitrogen and oxygen atoms in total. The largest absolute Gasteiger partial charge is 0.378 e. The minimum atomic E-state index is 0.259. The van der Waals surface area contributed by atoms with Crippen LogP contribution in [0.1, 0.15) is 12.0 Å². The first-order valence-electron chi connectivity index (χ1n) is 6.07. The highest BCUT2D eigenvalue weighted by atomic mass is 32.2. The predicted octanol–water partition coefficient (Wildman–Crippen LogP) is 3.01. The maximum Gasteiger partial charge on any atom is 0.173 e. The van der Waals surface area contributed by atoms with Crippen LogP contribution >= 0.6 is 11.8 Å². The molecule has 1 aromatic rings. The van der Waals surface area contributed by atoms with Crippen LogP contribution in [-0.4, -0.2) is 24.8 Å². The van der Waals surface area contributed by atoms with Crippen molar-refractivity contribution in [1.29, 1.82) is 0 Å². The number of carbonyl (C=O) groups excluding carboxylic acids is 1. The summed E-state index contributed by atoms with van der Waals surface area (Å²) in [5.41, 5.74) is 3.72. The molecule has 0 aromatic heterocycles. The molecule has 0 saturated carbocycles. The Morgan fingerprint density at radius 3 is 2.78 bits per heavy atom. The third-order valence-electron chi connectivity index (χ3n) is 3.35. The van der Waals surface area contributed by atoms with E-state index in [1.54, 1.807) is 11.8 Å². The van der Waals surface area contributed by atoms with Gasteiger partial charge in [-0.05, 0) is 17.2 Å². The van der Waals surface area contributed by atoms with E-state index in [0.29, 0.717) is 6.42 Å². The summed E-state index contributed by atoms with van der Waals surface area (Å²) < 4.78 is 0. The Labute approximate surface area is 111 Å². The number of hydrogen-bond acceptors (Lipinski definition) is 3. The molecule has 0 saturated heterocycles. The monoisotopic (exact) mass is 257 g/mol. The summed E-state index contributed by atoms with van der Waals surface area (Å²) >= 11 is 1.63. The lowest BCUT2D eigenvalue weighted by molar-refractivity contribution is -0.114. The Bertz CT molecular complexity index is 584. The van der Waals surface area contributed by atoms with Gasteiger partial charge in [0.15, 0.2) is 5.78 Å². The number of likely N-dealkylation sites (N-methyl/N-ethyl adjacent to an activating group) is 1. The van der Waals surface area contributed by atoms with Gasteiger partial charge < -0.3 is 4.90 Å². The van der Waals surface area contributed by atoms with Crippen LogP contribution in [-0.2, 0) is 11.2 Å². The van der Waals surface area contributed by atoms with Gasteiger partial charge in [0, 0.05) is 37.5 Å². The van der Waals surface area contributed by atoms with Gasteiger partial charge in [0.25, 0.3) is 0 Å². The van der Waals surface area contributed by atoms with Crippen molar-refractivity contribution in [3.8, 4) is 0 Å². The van der Waals surface area contributed by atoms with Gasteiger partial charge in [-0.15, -0.1) is 0 Å². The van der Waals surface area contributed by atoms with Crippen LogP contribution in [0.25, 0.3) is 0 Å². The second kappa shape index (κ2) is 4.32. The zero-order chi connectivity index (χ0) is 12.7. The second-order valence-corrected chi connectivity index (χ2v) is 5.86. The summed E-state index contributed by atoms with van der Waals surface area (Å²) in [5.74, 6) is 0.259. The molecule has 92 valence electrons. The molecule has 3 heteroatoms. The van der Waals surface area contributed by atoms with Gasteiger partial charge in [-0.1, -0.05) is 36.0 Å². The van der Waals surface area contributed by atoms with E-state index in [9.17, 15) is 4.79 Å². The number of rotatable bonds is 1. The fourth-order valence-electron chi connectivity index (χ4n) is 2.48. The van der Waals surface area contributed by atoms with E-state index in [2.05, 4.69) is 29.2 Å². The lowest BCUT2D eigenvalue weighted by atomic mass is 9.94. The highest BCUT2D eigenvalue weighted by molar-refractivity contribution is 8.04. The predicted molar refractivity (Wildman–Crippen MR) is 74.4 cm³/mol. The van der Waals surface area contributed by atoms with Crippen molar-refractivity contribution in [1.82, 2.24) is 4.90 Å². The molecule has 0 amide bonds. The summed E-state index contributed by atoms with van der Waals surface area (Å²) in [4.78, 5) is 16.3. The number of benzene rings is 1. The molecule has 2 aliphatic rings. The quantitative estimate of drug-likeness (QED) is 0.771. The molecule has 0 fully saturated rings. The molecular weight excluding hydrogens is 242 g/mol. The highest BCUT2D eigenvalue weighted by Crippen LogP contribution is 2.43. The van der Waals surface area contributed by atoms with Gasteiger partial charge in [0.2, 0.25) is 0 Å². The number of nitrogens with zero attached hydrogens (tertiary/aromatic N) is 1. The highest BCUT2D eigenvalue weighted by Gasteiger charge is 2.28. The molecule has 1 heterocycles. The maximum absolute atomic E-state index is 12.1. The summed E-state index contributed by atoms with van der Waals surface area (Å²) in [7, 11) is 4.08. The fourth-order valence-corrected chi connectivity index (χ4v) is 3.62. The fraction of sp³-hybridized carbons (Fsp3) is 0.267. The number of carbonyl (C=O) groups is 1. The Hall–Kier alpha value is -1.48. The Morgan fingerprint density at radius 2 is 2.00 bits per heavy atom. The normalized spacial score (nSPS) is 18.1. The average Bonchev–Trinajstić information content (AvgIpc) is 2.37. The van der Waals surface area contributed by atoms with Crippen molar-refractivity contribution in [3.63, 3.8) is 0 Å². The zero-order valence-electron chi connectivity index (χ0n) is 10.6. The molecule has 0 radical (unpaired) electrons. The van der Waals surface area contributed by atoms with Crippen molar-refractivity contribution >= 4 is 17.5 Å². The topological polar surface area (TPSA) is 20.3 Å². The molecule has 3 rings (SSSR count). The van der Waals surface area contributed by atoms with Crippen molar-refractivity contribution in [2.75, 3.05) is 14.1 Å². The van der Waals surface area contributed by atoms with Gasteiger partial charge in [0.1, 0.15) is 0 Å². The number of Topliss-reactive ketones (excluding diaryl/α,β-unsaturated/α-hetero) is 1. The van der Waals surface area contributed by atoms with Gasteiger partial charge in [-0.2, -0.15) is 0 Å². The summed E-state index contributed by atoms with van der Waals surface area (Å²) in [6.45, 7) is 0. The van der Waals surface area contributed by atoms with E-state index in [1.807, 2.05) is 20.2 Å². The number of thioether (sulfide) groups is 1. The first kappa shape index (κ1) is 11.6. The van der Waals surface area contributed by atoms with E-state index in [4.69, 9.17) is 0 Å². The summed E-state index contributed by atoms with van der Waals surface area (Å²) in [5, 5.41) is 0. The summed E-state index contributed by atoms with van der Waals surface area (Å²) in [6.07, 6.45) is 3.45. The van der Waals surface area contributed by atoms with Crippen LogP contribution in [0.3, 0.4) is 0 Å². The van der Waals surface area contributed by atoms with E-state index in [-0.39, 0.29) is 5.78 Å². The van der Waals surface area contributed by atoms with E-state index < -0.39 is 0 Å². The van der Waals surface area contributed by atoms with Crippen LogP contribution in [0, 0.1) is 0 Å². The number of hydrogen-bond donors (Lipinski definition) is 0. The summed E-state index contributed by atoms with van der Waals surface area (Å²) in [6, 6.07) is 8.35. The van der Waals surface area contributed by atoms with E-state index >= 15 is 0 Å². The minimum absolute atomic E-state index is 0.259. The lowest BCUT2D eigenvalue weighted by Gasteiger charge is -2.29. The van der Waals surface area contributed by atoms with Gasteiger partial charge >= 0.3 is 0 Å². The second-order valence-electron chi connectivity index (χ2n) is 4.81. The number of allylic oxidation sites excluding steroid dienone is 3. The van der Waals surface area contributed by atoms with E-state index in [1.165, 1.54) is 21.7 Å². The van der Waals surface area contributed by atoms with E-state index in [0.717, 1.165) is 11.3 Å². The third-order valence-corrected chi connectivity index (χ3v) is 4.65. The Balaban J connectivity index is 2.08. The molecule has 1 aliphatic heterocycles. The van der Waals surface area contributed by atoms with Crippen LogP contribution in [0.2, 0.25) is 0 Å². The van der Waals surface area contributed by atoms with Gasteiger partial charge in [-0.3, -0.25) is 4.79 Å². The molecule has 0 N–H and O–H groups in total. The smallest absolute Gasteiger partial charge is 0.173 e. The van der Waals surface area contributed by atoms with Crippen molar-refractivity contribution in [2.45, 2.75) is 17.7 Å². The standard InChI is InChI=1S/C15H15NOS/c1-16(2)12-7-8-13(17)15-11(12)9-10-5-3-4-6-14(10)18-15/h3-7H,8-9H2,1-2H3. The van der Waals surface area contributed by atoms with Crippen LogP contribution < -0.4 is 0 Å². The average molecular weight is 257 g/mol. The molecule has 0 spiro atoms. The lowest BCUT2D eigenvalue weighted by Crippen LogP contribution is -2.22. The maximum atomic E-state index is 12.1. The molecule has 0 atom stereocenters. The van der Waals surface area contributed by atoms with Crippen molar-refractivity contribution in [3.05, 3.63) is 52.1 Å². The molecule has 1 aliphatic carbocycles. The Morgan fingerprint density at radius 1 is 1.22 bits per heavy atom. The number of ketones is 1. The van der Waals surface area contributed by atoms with Gasteiger partial charge in [0.05, 0.1) is 4.91 Å².